The number of hydrogen-bond donors (Lipinski definition) is 3. The minimum absolute atomic E-state index is 0.0162. The topological polar surface area (TPSA) is 105 Å². The molecule has 0 unspecified atom stereocenters. The van der Waals surface area contributed by atoms with E-state index in [-0.39, 0.29) is 29.6 Å². The fourth-order valence-corrected chi connectivity index (χ4v) is 6.97. The fraction of sp³-hybridized carbons (Fsp3) is 0.618. The van der Waals surface area contributed by atoms with Crippen LogP contribution in [0.3, 0.4) is 0 Å². The number of piperidine rings is 1. The van der Waals surface area contributed by atoms with Gasteiger partial charge in [0.2, 0.25) is 11.8 Å². The van der Waals surface area contributed by atoms with E-state index >= 15 is 0 Å². The summed E-state index contributed by atoms with van der Waals surface area (Å²) in [5, 5.41) is 11.2. The van der Waals surface area contributed by atoms with Crippen LogP contribution in [0.2, 0.25) is 0 Å². The number of hydrogen-bond acceptors (Lipinski definition) is 6. The van der Waals surface area contributed by atoms with E-state index < -0.39 is 18.1 Å². The van der Waals surface area contributed by atoms with Gasteiger partial charge in [-0.1, -0.05) is 82.7 Å². The van der Waals surface area contributed by atoms with Crippen molar-refractivity contribution in [3.63, 3.8) is 0 Å². The lowest BCUT2D eigenvalue weighted by Gasteiger charge is -2.40. The number of thiocarbonyl (C=S) groups is 2. The van der Waals surface area contributed by atoms with Crippen LogP contribution in [-0.2, 0) is 20.8 Å². The monoisotopic (exact) mass is 655 g/mol. The molecule has 1 aromatic carbocycles. The molecule has 0 radical (unpaired) electrons. The number of amides is 2. The Morgan fingerprint density at radius 3 is 2.51 bits per heavy atom. The number of carbonyl (C=O) groups is 3. The Morgan fingerprint density at radius 2 is 1.78 bits per heavy atom. The largest absolute Gasteiger partial charge is 0.417 e. The lowest BCUT2D eigenvalue weighted by molar-refractivity contribution is -0.144. The molecule has 5 atom stereocenters. The highest BCUT2D eigenvalue weighted by molar-refractivity contribution is 7.81. The van der Waals surface area contributed by atoms with Gasteiger partial charge >= 0.3 is 0 Å². The number of ketones is 1. The molecule has 2 aliphatic heterocycles. The zero-order chi connectivity index (χ0) is 32.5. The lowest BCUT2D eigenvalue weighted by atomic mass is 9.93. The predicted octanol–water partition coefficient (Wildman–Crippen LogP) is 4.67. The van der Waals surface area contributed by atoms with E-state index in [0.29, 0.717) is 48.6 Å². The number of rotatable bonds is 12. The summed E-state index contributed by atoms with van der Waals surface area (Å²) in [5.74, 6) is 0.0292. The molecule has 0 bridgehead atoms. The first kappa shape index (κ1) is 34.8. The van der Waals surface area contributed by atoms with Gasteiger partial charge < -0.3 is 25.7 Å². The minimum Gasteiger partial charge on any atom is -0.417 e. The molecule has 45 heavy (non-hydrogen) atoms. The molecule has 1 aromatic heterocycles. The SMILES string of the molecule is CCC(=O)CCCCC[C@@H]1NC(=S)[C@H](Cc2cn(OC)c3ccccc23)NC(=O)[C@H]2CCCCN2C(=O)[C@H]([C@@H](C)CC)NC1=S. The zero-order valence-electron chi connectivity index (χ0n) is 27.1. The van der Waals surface area contributed by atoms with Crippen LogP contribution in [0.15, 0.2) is 30.5 Å². The molecule has 2 aromatic rings. The van der Waals surface area contributed by atoms with E-state index in [1.807, 2.05) is 44.3 Å². The number of benzene rings is 1. The fourth-order valence-electron chi connectivity index (χ4n) is 6.38. The Kier molecular flexibility index (Phi) is 12.8. The first-order valence-corrected chi connectivity index (χ1v) is 17.4. The lowest BCUT2D eigenvalue weighted by Crippen LogP contribution is -2.63. The van der Waals surface area contributed by atoms with Crippen molar-refractivity contribution in [1.29, 1.82) is 0 Å². The number of unbranched alkanes of at least 4 members (excludes halogenated alkanes) is 2. The second kappa shape index (κ2) is 16.5. The molecule has 2 saturated heterocycles. The van der Waals surface area contributed by atoms with Gasteiger partial charge in [0.15, 0.2) is 0 Å². The van der Waals surface area contributed by atoms with Gasteiger partial charge in [-0.05, 0) is 49.7 Å². The Labute approximate surface area is 278 Å². The van der Waals surface area contributed by atoms with Gasteiger partial charge in [0.05, 0.1) is 27.6 Å². The van der Waals surface area contributed by atoms with Crippen LogP contribution < -0.4 is 20.8 Å². The van der Waals surface area contributed by atoms with Crippen LogP contribution in [0, 0.1) is 5.92 Å². The Bertz CT molecular complexity index is 1380. The maximum absolute atomic E-state index is 14.1. The van der Waals surface area contributed by atoms with E-state index in [0.717, 1.165) is 55.0 Å². The first-order chi connectivity index (χ1) is 21.7. The van der Waals surface area contributed by atoms with Gasteiger partial charge in [-0.15, -0.1) is 0 Å². The number of nitrogens with zero attached hydrogens (tertiary/aromatic N) is 2. The van der Waals surface area contributed by atoms with Gasteiger partial charge in [0, 0.05) is 37.4 Å². The number of para-hydroxylation sites is 1. The number of Topliss-reactive ketones (excluding diaryl/α,β-unsaturated/α-hetero) is 1. The molecule has 0 spiro atoms. The van der Waals surface area contributed by atoms with Gasteiger partial charge in [-0.25, -0.2) is 0 Å². The Balaban J connectivity index is 1.66. The summed E-state index contributed by atoms with van der Waals surface area (Å²) >= 11 is 12.0. The van der Waals surface area contributed by atoms with Crippen molar-refractivity contribution in [2.24, 2.45) is 5.92 Å². The van der Waals surface area contributed by atoms with E-state index in [2.05, 4.69) is 22.9 Å². The van der Waals surface area contributed by atoms with Crippen molar-refractivity contribution in [2.75, 3.05) is 13.7 Å². The third-order valence-electron chi connectivity index (χ3n) is 9.36. The molecule has 3 heterocycles. The molecular weight excluding hydrogens is 607 g/mol. The van der Waals surface area contributed by atoms with Crippen molar-refractivity contribution >= 4 is 62.9 Å². The average Bonchev–Trinajstić information content (AvgIpc) is 3.41. The summed E-state index contributed by atoms with van der Waals surface area (Å²) in [6.45, 7) is 6.54. The van der Waals surface area contributed by atoms with Crippen molar-refractivity contribution in [3.8, 4) is 0 Å². The molecule has 3 N–H and O–H groups in total. The molecule has 9 nitrogen and oxygen atoms in total. The predicted molar refractivity (Wildman–Crippen MR) is 186 cm³/mol. The summed E-state index contributed by atoms with van der Waals surface area (Å²) in [4.78, 5) is 48.4. The summed E-state index contributed by atoms with van der Waals surface area (Å²) in [6, 6.07) is 6.01. The summed E-state index contributed by atoms with van der Waals surface area (Å²) in [7, 11) is 1.62. The normalized spacial score (nSPS) is 23.7. The van der Waals surface area contributed by atoms with Crippen LogP contribution in [-0.4, -0.2) is 75.0 Å². The standard InChI is InChI=1S/C34H49N5O4S2/c1-5-22(3)30-34(42)38-19-13-12-18-29(38)31(41)35-27(20-23-21-39(43-4)28-17-11-10-15-25(23)28)33(45)36-26(32(44)37-30)16-9-7-8-14-24(40)6-2/h10-11,15,17,21-22,26-27,29-30H,5-9,12-14,16,18-20H2,1-4H3,(H,35,41)(H,36,45)(H,37,44)/t22-,26-,27-,29+,30-/m0/s1. The summed E-state index contributed by atoms with van der Waals surface area (Å²) in [6.07, 6.45) is 9.89. The first-order valence-electron chi connectivity index (χ1n) is 16.5. The minimum atomic E-state index is -0.570. The van der Waals surface area contributed by atoms with E-state index in [9.17, 15) is 14.4 Å². The summed E-state index contributed by atoms with van der Waals surface area (Å²) in [5.41, 5.74) is 1.92. The Morgan fingerprint density at radius 1 is 1.02 bits per heavy atom. The van der Waals surface area contributed by atoms with E-state index in [1.54, 1.807) is 16.7 Å². The third kappa shape index (κ3) is 8.61. The van der Waals surface area contributed by atoms with Crippen molar-refractivity contribution in [2.45, 2.75) is 116 Å². The molecular formula is C34H49N5O4S2. The van der Waals surface area contributed by atoms with Crippen LogP contribution in [0.5, 0.6) is 0 Å². The van der Waals surface area contributed by atoms with Gasteiger partial charge in [-0.2, -0.15) is 4.73 Å². The highest BCUT2D eigenvalue weighted by atomic mass is 32.1. The quantitative estimate of drug-likeness (QED) is 0.224. The number of fused-ring (bicyclic) bond motifs is 2. The maximum atomic E-state index is 14.1. The second-order valence-electron chi connectivity index (χ2n) is 12.4. The zero-order valence-corrected chi connectivity index (χ0v) is 28.7. The van der Waals surface area contributed by atoms with Crippen molar-refractivity contribution in [3.05, 3.63) is 36.0 Å². The van der Waals surface area contributed by atoms with Crippen molar-refractivity contribution < 1.29 is 19.2 Å². The highest BCUT2D eigenvalue weighted by Gasteiger charge is 2.39. The highest BCUT2D eigenvalue weighted by Crippen LogP contribution is 2.25. The molecule has 11 heteroatoms. The van der Waals surface area contributed by atoms with Gasteiger partial charge in [-0.3, -0.25) is 14.4 Å². The van der Waals surface area contributed by atoms with Crippen LogP contribution in [0.1, 0.15) is 90.5 Å². The van der Waals surface area contributed by atoms with Gasteiger partial charge in [0.25, 0.3) is 0 Å². The van der Waals surface area contributed by atoms with Crippen LogP contribution in [0.4, 0.5) is 0 Å². The molecule has 4 rings (SSSR count). The molecule has 2 amide bonds. The van der Waals surface area contributed by atoms with E-state index in [4.69, 9.17) is 29.3 Å². The Hall–Kier alpha value is -3.05. The number of aromatic nitrogens is 1. The average molecular weight is 656 g/mol. The molecule has 0 aliphatic carbocycles. The molecule has 246 valence electrons. The molecule has 0 saturated carbocycles. The van der Waals surface area contributed by atoms with Crippen LogP contribution >= 0.6 is 24.4 Å². The summed E-state index contributed by atoms with van der Waals surface area (Å²) < 4.78 is 1.72. The number of carbonyl (C=O) groups excluding carboxylic acids is 3. The maximum Gasteiger partial charge on any atom is 0.246 e. The molecule has 2 aliphatic rings. The van der Waals surface area contributed by atoms with Crippen molar-refractivity contribution in [1.82, 2.24) is 25.6 Å². The molecule has 2 fully saturated rings. The number of nitrogens with one attached hydrogen (secondary N) is 3. The second-order valence-corrected chi connectivity index (χ2v) is 13.3. The van der Waals surface area contributed by atoms with E-state index in [1.165, 1.54) is 0 Å². The third-order valence-corrected chi connectivity index (χ3v) is 10.2. The smallest absolute Gasteiger partial charge is 0.246 e. The van der Waals surface area contributed by atoms with Crippen LogP contribution in [0.25, 0.3) is 10.9 Å². The van der Waals surface area contributed by atoms with Gasteiger partial charge in [0.1, 0.15) is 25.0 Å².